The van der Waals surface area contributed by atoms with Crippen LogP contribution in [-0.2, 0) is 0 Å². The van der Waals surface area contributed by atoms with Gasteiger partial charge in [-0.3, -0.25) is 19.2 Å². The number of nitrogens with one attached hydrogen (secondary N) is 2. The number of hydrogen-bond donors (Lipinski definition) is 2. The summed E-state index contributed by atoms with van der Waals surface area (Å²) in [5.41, 5.74) is 5.85. The summed E-state index contributed by atoms with van der Waals surface area (Å²) >= 11 is 2.15. The zero-order valence-electron chi connectivity index (χ0n) is 15.0. The molecule has 2 aliphatic rings. The average molecular weight is 408 g/mol. The number of amides is 2. The Morgan fingerprint density at radius 2 is 1.82 bits per heavy atom. The van der Waals surface area contributed by atoms with Gasteiger partial charge in [0.05, 0.1) is 23.5 Å². The fraction of sp³-hybridized carbons (Fsp3) is 0.0476. The maximum absolute atomic E-state index is 12.1. The molecule has 0 fully saturated rings. The Kier molecular flexibility index (Phi) is 5.38. The van der Waals surface area contributed by atoms with Gasteiger partial charge in [0.15, 0.2) is 0 Å². The van der Waals surface area contributed by atoms with Gasteiger partial charge in [-0.05, 0) is 36.8 Å². The second-order valence-corrected chi connectivity index (χ2v) is 8.04. The molecule has 4 rings (SSSR count). The van der Waals surface area contributed by atoms with Crippen LogP contribution >= 0.6 is 24.1 Å². The summed E-state index contributed by atoms with van der Waals surface area (Å²) < 4.78 is 4.96. The number of carbonyl (C=O) groups is 2. The van der Waals surface area contributed by atoms with E-state index in [4.69, 9.17) is 0 Å². The van der Waals surface area contributed by atoms with Gasteiger partial charge in [-0.1, -0.05) is 54.1 Å². The lowest BCUT2D eigenvalue weighted by atomic mass is 9.94. The van der Waals surface area contributed by atoms with Gasteiger partial charge in [0, 0.05) is 23.1 Å². The normalized spacial score (nSPS) is 14.5. The summed E-state index contributed by atoms with van der Waals surface area (Å²) in [4.78, 5) is 24.1. The first-order valence-electron chi connectivity index (χ1n) is 8.62. The highest BCUT2D eigenvalue weighted by Crippen LogP contribution is 2.44. The summed E-state index contributed by atoms with van der Waals surface area (Å²) in [7, 11) is 0. The third-order valence-electron chi connectivity index (χ3n) is 4.28. The molecule has 7 heteroatoms. The first-order valence-corrected chi connectivity index (χ1v) is 10.2. The minimum absolute atomic E-state index is 0.409. The van der Waals surface area contributed by atoms with Crippen molar-refractivity contribution < 1.29 is 9.59 Å². The molecule has 2 aliphatic heterocycles. The predicted molar refractivity (Wildman–Crippen MR) is 115 cm³/mol. The molecule has 0 saturated carbocycles. The van der Waals surface area contributed by atoms with Gasteiger partial charge in [-0.15, -0.1) is 0 Å². The molecule has 2 amide bonds. The van der Waals surface area contributed by atoms with Gasteiger partial charge in [-0.25, -0.2) is 0 Å². The van der Waals surface area contributed by atoms with Crippen LogP contribution in [0, 0.1) is 6.92 Å². The third-order valence-corrected chi connectivity index (χ3v) is 5.79. The van der Waals surface area contributed by atoms with Crippen LogP contribution in [0.1, 0.15) is 21.5 Å². The van der Waals surface area contributed by atoms with E-state index in [0.717, 1.165) is 40.0 Å². The topological polar surface area (TPSA) is 61.4 Å². The Balaban J connectivity index is 1.28. The van der Waals surface area contributed by atoms with E-state index in [0.29, 0.717) is 5.56 Å². The summed E-state index contributed by atoms with van der Waals surface area (Å²) in [6, 6.07) is 17.3. The Morgan fingerprint density at radius 3 is 2.57 bits per heavy atom. The fourth-order valence-corrected chi connectivity index (χ4v) is 4.28. The molecule has 0 unspecified atom stereocenters. The van der Waals surface area contributed by atoms with Gasteiger partial charge in [0.2, 0.25) is 0 Å². The molecular formula is C21H17N3O2S2. The van der Waals surface area contributed by atoms with Gasteiger partial charge in [0.25, 0.3) is 5.91 Å². The van der Waals surface area contributed by atoms with Gasteiger partial charge >= 0.3 is 5.24 Å². The second kappa shape index (κ2) is 8.10. The average Bonchev–Trinajstić information content (AvgIpc) is 2.71. The van der Waals surface area contributed by atoms with E-state index in [9.17, 15) is 9.59 Å². The molecular weight excluding hydrogens is 390 g/mol. The standard InChI is InChI=1S/C21H17N3O2S2/c1-14-6-5-9-16(12-14)20(25)22-21(26)27-23-28-24-17-10-11-18(19(24)13-17)15-7-3-2-4-8-15/h2-13,23H,1H3,(H,22,25,26). The van der Waals surface area contributed by atoms with E-state index in [-0.39, 0.29) is 0 Å². The molecule has 0 aromatic heterocycles. The zero-order chi connectivity index (χ0) is 19.5. The first-order chi connectivity index (χ1) is 13.6. The van der Waals surface area contributed by atoms with Crippen LogP contribution in [0.25, 0.3) is 5.57 Å². The van der Waals surface area contributed by atoms with Crippen molar-refractivity contribution in [1.82, 2.24) is 13.7 Å². The van der Waals surface area contributed by atoms with E-state index in [1.54, 1.807) is 18.2 Å². The summed E-state index contributed by atoms with van der Waals surface area (Å²) in [5.74, 6) is -0.409. The minimum Gasteiger partial charge on any atom is -0.282 e. The molecule has 0 atom stereocenters. The Morgan fingerprint density at radius 1 is 1.00 bits per heavy atom. The third kappa shape index (κ3) is 3.91. The number of hydrogen-bond acceptors (Lipinski definition) is 6. The van der Waals surface area contributed by atoms with E-state index < -0.39 is 11.1 Å². The maximum Gasteiger partial charge on any atom is 0.301 e. The molecule has 2 heterocycles. The van der Waals surface area contributed by atoms with E-state index >= 15 is 0 Å². The molecule has 2 N–H and O–H groups in total. The zero-order valence-corrected chi connectivity index (χ0v) is 16.6. The molecule has 0 saturated heterocycles. The van der Waals surface area contributed by atoms with Crippen molar-refractivity contribution in [2.45, 2.75) is 6.92 Å². The van der Waals surface area contributed by atoms with Gasteiger partial charge < -0.3 is 0 Å². The van der Waals surface area contributed by atoms with Crippen LogP contribution in [0.5, 0.6) is 0 Å². The van der Waals surface area contributed by atoms with Gasteiger partial charge in [0.1, 0.15) is 0 Å². The number of imide groups is 1. The number of allylic oxidation sites excluding steroid dienone is 4. The van der Waals surface area contributed by atoms with Crippen LogP contribution in [0.4, 0.5) is 4.79 Å². The molecule has 140 valence electrons. The highest BCUT2D eigenvalue weighted by Gasteiger charge is 2.30. The van der Waals surface area contributed by atoms with Crippen molar-refractivity contribution in [3.05, 3.63) is 101 Å². The lowest BCUT2D eigenvalue weighted by Crippen LogP contribution is -2.31. The lowest BCUT2D eigenvalue weighted by molar-refractivity contribution is 0.0969. The first kappa shape index (κ1) is 18.6. The number of rotatable bonds is 5. The monoisotopic (exact) mass is 407 g/mol. The number of nitrogens with zero attached hydrogens (tertiary/aromatic N) is 1. The number of fused-ring (bicyclic) bond motifs is 2. The van der Waals surface area contributed by atoms with Crippen LogP contribution in [-0.4, -0.2) is 15.5 Å². The summed E-state index contributed by atoms with van der Waals surface area (Å²) in [6.07, 6.45) is 6.23. The summed E-state index contributed by atoms with van der Waals surface area (Å²) in [5, 5.41) is 1.92. The second-order valence-electron chi connectivity index (χ2n) is 6.25. The molecule has 2 aromatic rings. The van der Waals surface area contributed by atoms with Crippen molar-refractivity contribution >= 4 is 40.8 Å². The molecule has 2 aromatic carbocycles. The molecule has 0 radical (unpaired) electrons. The summed E-state index contributed by atoms with van der Waals surface area (Å²) in [6.45, 7) is 1.90. The lowest BCUT2D eigenvalue weighted by Gasteiger charge is -2.38. The molecule has 0 spiro atoms. The van der Waals surface area contributed by atoms with E-state index in [1.807, 2.05) is 41.6 Å². The largest absolute Gasteiger partial charge is 0.301 e. The van der Waals surface area contributed by atoms with Crippen molar-refractivity contribution in [3.8, 4) is 0 Å². The van der Waals surface area contributed by atoms with E-state index in [1.165, 1.54) is 12.1 Å². The van der Waals surface area contributed by atoms with Crippen LogP contribution in [0.3, 0.4) is 0 Å². The molecule has 2 bridgehead atoms. The predicted octanol–water partition coefficient (Wildman–Crippen LogP) is 4.83. The molecule has 28 heavy (non-hydrogen) atoms. The smallest absolute Gasteiger partial charge is 0.282 e. The van der Waals surface area contributed by atoms with Crippen molar-refractivity contribution in [2.75, 3.05) is 0 Å². The van der Waals surface area contributed by atoms with Gasteiger partial charge in [-0.2, -0.15) is 4.13 Å². The van der Waals surface area contributed by atoms with Crippen LogP contribution in [0.15, 0.2) is 84.2 Å². The minimum atomic E-state index is -0.452. The maximum atomic E-state index is 12.1. The molecule has 0 aliphatic carbocycles. The highest BCUT2D eigenvalue weighted by atomic mass is 32.2. The Labute approximate surface area is 172 Å². The quantitative estimate of drug-likeness (QED) is 0.693. The number of aryl methyl sites for hydroxylation is 1. The Hall–Kier alpha value is -2.74. The van der Waals surface area contributed by atoms with E-state index in [2.05, 4.69) is 33.7 Å². The van der Waals surface area contributed by atoms with Crippen LogP contribution < -0.4 is 9.44 Å². The van der Waals surface area contributed by atoms with Crippen molar-refractivity contribution in [2.24, 2.45) is 0 Å². The fourth-order valence-electron chi connectivity index (χ4n) is 2.92. The SMILES string of the molecule is Cc1cccc(C(=O)NC(=O)SNSN2c3ccc(-c4ccccc4)c2c3)c1. The number of carbonyl (C=O) groups excluding carboxylic acids is 2. The molecule has 5 nitrogen and oxygen atoms in total. The van der Waals surface area contributed by atoms with Crippen LogP contribution in [0.2, 0.25) is 0 Å². The van der Waals surface area contributed by atoms with Crippen molar-refractivity contribution in [1.29, 1.82) is 0 Å². The van der Waals surface area contributed by atoms with Crippen molar-refractivity contribution in [3.63, 3.8) is 0 Å². The highest BCUT2D eigenvalue weighted by molar-refractivity contribution is 8.20. The number of benzene rings is 2. The Bertz CT molecular complexity index is 1030.